The summed E-state index contributed by atoms with van der Waals surface area (Å²) in [5, 5.41) is 0. The summed E-state index contributed by atoms with van der Waals surface area (Å²) in [7, 11) is 1.66. The molecule has 13 unspecified atom stereocenters. The normalized spacial score (nSPS) is 77.2. The molecule has 0 amide bonds. The standard InChI is InChI=1S/C24H32O2/c1-22-8-7-11-16-14-13-15(24(16,3)21(25)26-4)9-5-6-10-12(9)18(13)23(2,20(10)22)19(14)17(11)22/h9-20H,5-8H2,1-4H3/t9?,10?,11?,12?,13?,14?,15?,16?,17?,18?,19?,20?,22-,23?,24-/m0/s1. The Morgan fingerprint density at radius 1 is 0.808 bits per heavy atom. The molecule has 2 heteroatoms. The Morgan fingerprint density at radius 2 is 1.50 bits per heavy atom. The molecule has 0 aromatic heterocycles. The minimum Gasteiger partial charge on any atom is -0.469 e. The number of methoxy groups -OCH3 is 1. The molecule has 8 fully saturated rings. The molecule has 8 aliphatic rings. The van der Waals surface area contributed by atoms with Gasteiger partial charge in [-0.05, 0) is 114 Å². The molecular weight excluding hydrogens is 320 g/mol. The number of rotatable bonds is 1. The molecule has 0 radical (unpaired) electrons. The number of ether oxygens (including phenoxy) is 1. The Labute approximate surface area is 156 Å². The molecule has 140 valence electrons. The van der Waals surface area contributed by atoms with Crippen LogP contribution >= 0.6 is 0 Å². The Kier molecular flexibility index (Phi) is 1.98. The summed E-state index contributed by atoms with van der Waals surface area (Å²) in [6.45, 7) is 7.86. The molecular formula is C24H32O2. The van der Waals surface area contributed by atoms with Crippen LogP contribution in [0.2, 0.25) is 0 Å². The van der Waals surface area contributed by atoms with Crippen molar-refractivity contribution < 1.29 is 9.53 Å². The van der Waals surface area contributed by atoms with Gasteiger partial charge in [-0.2, -0.15) is 0 Å². The highest BCUT2D eigenvalue weighted by Crippen LogP contribution is 2.95. The highest BCUT2D eigenvalue weighted by atomic mass is 16.5. The number of hydrogen-bond acceptors (Lipinski definition) is 2. The summed E-state index contributed by atoms with van der Waals surface area (Å²) in [6, 6.07) is 0. The monoisotopic (exact) mass is 352 g/mol. The maximum Gasteiger partial charge on any atom is 0.312 e. The van der Waals surface area contributed by atoms with Gasteiger partial charge in [-0.15, -0.1) is 0 Å². The molecule has 0 spiro atoms. The van der Waals surface area contributed by atoms with Crippen molar-refractivity contribution in [2.75, 3.05) is 7.11 Å². The summed E-state index contributed by atoms with van der Waals surface area (Å²) in [6.07, 6.45) is 5.75. The van der Waals surface area contributed by atoms with E-state index in [1.807, 2.05) is 0 Å². The molecule has 0 saturated heterocycles. The fourth-order valence-corrected chi connectivity index (χ4v) is 14.0. The van der Waals surface area contributed by atoms with Crippen LogP contribution < -0.4 is 0 Å². The largest absolute Gasteiger partial charge is 0.469 e. The summed E-state index contributed by atoms with van der Waals surface area (Å²) in [5.74, 6) is 10.7. The summed E-state index contributed by atoms with van der Waals surface area (Å²) < 4.78 is 5.56. The van der Waals surface area contributed by atoms with E-state index < -0.39 is 0 Å². The van der Waals surface area contributed by atoms with Gasteiger partial charge < -0.3 is 4.74 Å². The first-order valence-electron chi connectivity index (χ1n) is 11.5. The molecule has 26 heavy (non-hydrogen) atoms. The van der Waals surface area contributed by atoms with Crippen LogP contribution in [0.4, 0.5) is 0 Å². The first kappa shape index (κ1) is 14.5. The molecule has 8 saturated carbocycles. The van der Waals surface area contributed by atoms with Crippen molar-refractivity contribution in [1.82, 2.24) is 0 Å². The van der Waals surface area contributed by atoms with E-state index >= 15 is 0 Å². The van der Waals surface area contributed by atoms with Crippen molar-refractivity contribution >= 4 is 5.97 Å². The van der Waals surface area contributed by atoms with E-state index in [1.165, 1.54) is 25.7 Å². The van der Waals surface area contributed by atoms with E-state index in [4.69, 9.17) is 4.74 Å². The van der Waals surface area contributed by atoms with E-state index in [0.29, 0.717) is 22.7 Å². The van der Waals surface area contributed by atoms with Crippen LogP contribution in [0, 0.1) is 87.3 Å². The van der Waals surface area contributed by atoms with Gasteiger partial charge in [-0.25, -0.2) is 0 Å². The van der Waals surface area contributed by atoms with Crippen molar-refractivity contribution in [2.24, 2.45) is 87.3 Å². The van der Waals surface area contributed by atoms with E-state index in [1.54, 1.807) is 7.11 Å². The van der Waals surface area contributed by atoms with Gasteiger partial charge in [0.05, 0.1) is 12.5 Å². The highest BCUT2D eigenvalue weighted by molar-refractivity contribution is 5.79. The van der Waals surface area contributed by atoms with Gasteiger partial charge in [0, 0.05) is 0 Å². The summed E-state index contributed by atoms with van der Waals surface area (Å²) in [5.41, 5.74) is 1.04. The summed E-state index contributed by atoms with van der Waals surface area (Å²) >= 11 is 0. The molecule has 0 bridgehead atoms. The Bertz CT molecular complexity index is 789. The van der Waals surface area contributed by atoms with Gasteiger partial charge >= 0.3 is 5.97 Å². The van der Waals surface area contributed by atoms with Crippen LogP contribution in [0.15, 0.2) is 0 Å². The van der Waals surface area contributed by atoms with Crippen molar-refractivity contribution in [3.63, 3.8) is 0 Å². The second kappa shape index (κ2) is 3.57. The third-order valence-electron chi connectivity index (χ3n) is 13.1. The smallest absolute Gasteiger partial charge is 0.312 e. The molecule has 0 aliphatic heterocycles. The predicted molar refractivity (Wildman–Crippen MR) is 96.7 cm³/mol. The lowest BCUT2D eigenvalue weighted by Crippen LogP contribution is -2.45. The number of esters is 1. The molecule has 0 aromatic rings. The van der Waals surface area contributed by atoms with E-state index in [-0.39, 0.29) is 11.4 Å². The lowest BCUT2D eigenvalue weighted by Gasteiger charge is -2.43. The van der Waals surface area contributed by atoms with Crippen LogP contribution in [-0.4, -0.2) is 13.1 Å². The zero-order valence-corrected chi connectivity index (χ0v) is 16.6. The Balaban J connectivity index is 1.48. The SMILES string of the molecule is COC(=O)[C@@]1(C)C2C3CCC4C3C3C2C2C5C6C(CC[C@]6(C)C4C35C)C21. The molecule has 8 rings (SSSR count). The lowest BCUT2D eigenvalue weighted by atomic mass is 9.61. The van der Waals surface area contributed by atoms with Crippen LogP contribution in [0.25, 0.3) is 0 Å². The van der Waals surface area contributed by atoms with E-state index in [2.05, 4.69) is 20.8 Å². The van der Waals surface area contributed by atoms with Crippen LogP contribution in [0.1, 0.15) is 46.5 Å². The molecule has 0 heterocycles. The van der Waals surface area contributed by atoms with Crippen molar-refractivity contribution in [1.29, 1.82) is 0 Å². The number of hydrogen-bond donors (Lipinski definition) is 0. The van der Waals surface area contributed by atoms with E-state index in [0.717, 1.165) is 59.2 Å². The molecule has 2 nitrogen and oxygen atoms in total. The third-order valence-corrected chi connectivity index (χ3v) is 13.1. The van der Waals surface area contributed by atoms with Crippen LogP contribution in [0.5, 0.6) is 0 Å². The fraction of sp³-hybridized carbons (Fsp3) is 0.958. The van der Waals surface area contributed by atoms with Gasteiger partial charge in [0.2, 0.25) is 0 Å². The third kappa shape index (κ3) is 0.937. The Morgan fingerprint density at radius 3 is 2.27 bits per heavy atom. The maximum atomic E-state index is 13.4. The zero-order chi connectivity index (χ0) is 17.5. The highest BCUT2D eigenvalue weighted by Gasteiger charge is 2.92. The van der Waals surface area contributed by atoms with Gasteiger partial charge in [0.25, 0.3) is 0 Å². The number of carbonyl (C=O) groups excluding carboxylic acids is 1. The lowest BCUT2D eigenvalue weighted by molar-refractivity contribution is -0.160. The second-order valence-electron chi connectivity index (χ2n) is 12.6. The Hall–Kier alpha value is -0.530. The van der Waals surface area contributed by atoms with Gasteiger partial charge in [0.15, 0.2) is 0 Å². The minimum absolute atomic E-state index is 0.164. The minimum atomic E-state index is -0.176. The van der Waals surface area contributed by atoms with Crippen molar-refractivity contribution in [3.8, 4) is 0 Å². The van der Waals surface area contributed by atoms with Crippen LogP contribution in [-0.2, 0) is 9.53 Å². The maximum absolute atomic E-state index is 13.4. The van der Waals surface area contributed by atoms with Gasteiger partial charge in [-0.3, -0.25) is 4.79 Å². The predicted octanol–water partition coefficient (Wildman–Crippen LogP) is 4.24. The number of carbonyl (C=O) groups is 1. The summed E-state index contributed by atoms with van der Waals surface area (Å²) in [4.78, 5) is 13.4. The second-order valence-corrected chi connectivity index (χ2v) is 12.6. The topological polar surface area (TPSA) is 26.3 Å². The van der Waals surface area contributed by atoms with Crippen LogP contribution in [0.3, 0.4) is 0 Å². The fourth-order valence-electron chi connectivity index (χ4n) is 14.0. The van der Waals surface area contributed by atoms with Crippen molar-refractivity contribution in [2.45, 2.75) is 46.5 Å². The first-order valence-corrected chi connectivity index (χ1v) is 11.5. The molecule has 0 aromatic carbocycles. The average Bonchev–Trinajstić information content (AvgIpc) is 3.36. The van der Waals surface area contributed by atoms with Gasteiger partial charge in [0.1, 0.15) is 0 Å². The number of fused-ring (bicyclic) bond motifs is 4. The zero-order valence-electron chi connectivity index (χ0n) is 16.6. The quantitative estimate of drug-likeness (QED) is 0.660. The van der Waals surface area contributed by atoms with Gasteiger partial charge in [-0.1, -0.05) is 13.8 Å². The molecule has 15 atom stereocenters. The van der Waals surface area contributed by atoms with Crippen molar-refractivity contribution in [3.05, 3.63) is 0 Å². The molecule has 8 aliphatic carbocycles. The van der Waals surface area contributed by atoms with E-state index in [9.17, 15) is 4.79 Å². The first-order chi connectivity index (χ1) is 12.4. The molecule has 0 N–H and O–H groups in total. The average molecular weight is 353 g/mol.